The van der Waals surface area contributed by atoms with Gasteiger partial charge in [-0.15, -0.1) is 5.10 Å². The molecule has 0 saturated heterocycles. The third-order valence-corrected chi connectivity index (χ3v) is 4.56. The molecule has 2 aromatic rings. The molecule has 0 saturated carbocycles. The predicted octanol–water partition coefficient (Wildman–Crippen LogP) is 2.44. The minimum Gasteiger partial charge on any atom is -0.493 e. The number of halogens is 1. The molecule has 10 heteroatoms. The minimum atomic E-state index is -4.01. The zero-order valence-electron chi connectivity index (χ0n) is 14.5. The topological polar surface area (TPSA) is 129 Å². The molecule has 0 bridgehead atoms. The average Bonchev–Trinajstić information content (AvgIpc) is 2.57. The van der Waals surface area contributed by atoms with E-state index in [9.17, 15) is 8.42 Å². The Morgan fingerprint density at radius 1 is 1.19 bits per heavy atom. The van der Waals surface area contributed by atoms with Crippen molar-refractivity contribution in [3.63, 3.8) is 0 Å². The van der Waals surface area contributed by atoms with Crippen LogP contribution in [0.25, 0.3) is 0 Å². The molecule has 0 spiro atoms. The van der Waals surface area contributed by atoms with Crippen molar-refractivity contribution < 1.29 is 17.3 Å². The summed E-state index contributed by atoms with van der Waals surface area (Å²) >= 11 is 5.84. The molecule has 0 atom stereocenters. The van der Waals surface area contributed by atoms with E-state index in [1.807, 2.05) is 0 Å². The van der Waals surface area contributed by atoms with Crippen LogP contribution in [-0.4, -0.2) is 27.2 Å². The Balaban J connectivity index is 2.06. The summed E-state index contributed by atoms with van der Waals surface area (Å²) in [6, 6.07) is 10.7. The number of benzene rings is 2. The smallest absolute Gasteiger partial charge is 0.339 e. The number of nitrogens with zero attached hydrogens (tertiary/aromatic N) is 2. The summed E-state index contributed by atoms with van der Waals surface area (Å²) in [6.45, 7) is 2.10. The number of ether oxygens (including phenoxy) is 1. The van der Waals surface area contributed by atoms with Crippen LogP contribution in [0.1, 0.15) is 12.0 Å². The second-order valence-corrected chi connectivity index (χ2v) is 7.42. The maximum Gasteiger partial charge on any atom is 0.339 e. The molecule has 8 nitrogen and oxygen atoms in total. The first kappa shape index (κ1) is 20.5. The van der Waals surface area contributed by atoms with Crippen molar-refractivity contribution in [1.82, 2.24) is 0 Å². The molecule has 0 amide bonds. The van der Waals surface area contributed by atoms with Gasteiger partial charge < -0.3 is 20.4 Å². The number of hydrogen-bond donors (Lipinski definition) is 2. The summed E-state index contributed by atoms with van der Waals surface area (Å²) in [6.07, 6.45) is 1.96. The highest BCUT2D eigenvalue weighted by Gasteiger charge is 2.17. The quantitative estimate of drug-likeness (QED) is 0.226. The molecule has 2 rings (SSSR count). The lowest BCUT2D eigenvalue weighted by atomic mass is 10.2. The Hall–Kier alpha value is -2.78. The van der Waals surface area contributed by atoms with Crippen LogP contribution in [0, 0.1) is 6.92 Å². The monoisotopic (exact) mass is 410 g/mol. The lowest BCUT2D eigenvalue weighted by Crippen LogP contribution is -2.21. The molecule has 27 heavy (non-hydrogen) atoms. The van der Waals surface area contributed by atoms with Crippen LogP contribution in [0.15, 0.2) is 57.6 Å². The first-order valence-corrected chi connectivity index (χ1v) is 9.60. The molecule has 0 fully saturated rings. The van der Waals surface area contributed by atoms with E-state index in [4.69, 9.17) is 32.0 Å². The van der Waals surface area contributed by atoms with Gasteiger partial charge in [-0.2, -0.15) is 13.5 Å². The van der Waals surface area contributed by atoms with Crippen LogP contribution in [-0.2, 0) is 10.1 Å². The Labute approximate surface area is 162 Å². The van der Waals surface area contributed by atoms with Crippen molar-refractivity contribution in [3.8, 4) is 11.5 Å². The summed E-state index contributed by atoms with van der Waals surface area (Å²) in [5.41, 5.74) is 11.1. The zero-order chi connectivity index (χ0) is 19.9. The largest absolute Gasteiger partial charge is 0.493 e. The molecular formula is C17H19ClN4O4S. The molecule has 0 aromatic heterocycles. The van der Waals surface area contributed by atoms with Gasteiger partial charge in [0.05, 0.1) is 6.61 Å². The summed E-state index contributed by atoms with van der Waals surface area (Å²) in [4.78, 5) is -0.0325. The zero-order valence-corrected chi connectivity index (χ0v) is 16.1. The Bertz CT molecular complexity index is 957. The van der Waals surface area contributed by atoms with Gasteiger partial charge in [-0.1, -0.05) is 17.7 Å². The van der Waals surface area contributed by atoms with Gasteiger partial charge in [0.25, 0.3) is 0 Å². The van der Waals surface area contributed by atoms with Gasteiger partial charge in [-0.3, -0.25) is 0 Å². The van der Waals surface area contributed by atoms with Crippen molar-refractivity contribution in [1.29, 1.82) is 0 Å². The third kappa shape index (κ3) is 6.80. The SMILES string of the molecule is Cc1cc(OCCC=NN=C(N)N)cc(OS(=O)(=O)c2cccc(Cl)c2)c1. The van der Waals surface area contributed by atoms with Crippen LogP contribution in [0.2, 0.25) is 5.02 Å². The molecule has 0 aliphatic rings. The van der Waals surface area contributed by atoms with Crippen molar-refractivity contribution in [2.75, 3.05) is 6.61 Å². The Morgan fingerprint density at radius 3 is 2.63 bits per heavy atom. The van der Waals surface area contributed by atoms with Crippen molar-refractivity contribution in [3.05, 3.63) is 53.1 Å². The number of guanidine groups is 1. The van der Waals surface area contributed by atoms with Crippen LogP contribution in [0.3, 0.4) is 0 Å². The van der Waals surface area contributed by atoms with E-state index in [0.717, 1.165) is 5.56 Å². The van der Waals surface area contributed by atoms with Gasteiger partial charge in [0.1, 0.15) is 16.4 Å². The maximum absolute atomic E-state index is 12.4. The van der Waals surface area contributed by atoms with Gasteiger partial charge in [-0.05, 0) is 42.8 Å². The highest BCUT2D eigenvalue weighted by atomic mass is 35.5. The van der Waals surface area contributed by atoms with E-state index in [2.05, 4.69) is 10.2 Å². The third-order valence-electron chi connectivity index (χ3n) is 3.09. The first-order valence-electron chi connectivity index (χ1n) is 7.81. The normalized spacial score (nSPS) is 11.3. The van der Waals surface area contributed by atoms with E-state index >= 15 is 0 Å². The number of nitrogens with two attached hydrogens (primary N) is 2. The van der Waals surface area contributed by atoms with Crippen LogP contribution in [0.5, 0.6) is 11.5 Å². The average molecular weight is 411 g/mol. The fraction of sp³-hybridized carbons (Fsp3) is 0.176. The second kappa shape index (κ2) is 9.24. The summed E-state index contributed by atoms with van der Waals surface area (Å²) in [7, 11) is -4.01. The van der Waals surface area contributed by atoms with Crippen molar-refractivity contribution in [2.24, 2.45) is 21.7 Å². The van der Waals surface area contributed by atoms with E-state index < -0.39 is 10.1 Å². The number of rotatable bonds is 8. The van der Waals surface area contributed by atoms with Crippen molar-refractivity contribution in [2.45, 2.75) is 18.2 Å². The summed E-state index contributed by atoms with van der Waals surface area (Å²) in [5, 5.41) is 7.41. The fourth-order valence-corrected chi connectivity index (χ4v) is 3.25. The lowest BCUT2D eigenvalue weighted by molar-refractivity contribution is 0.329. The second-order valence-electron chi connectivity index (χ2n) is 5.44. The van der Waals surface area contributed by atoms with Gasteiger partial charge >= 0.3 is 10.1 Å². The first-order chi connectivity index (χ1) is 12.8. The van der Waals surface area contributed by atoms with Crippen LogP contribution in [0.4, 0.5) is 0 Å². The fourth-order valence-electron chi connectivity index (χ4n) is 2.04. The standard InChI is InChI=1S/C17H19ClN4O4S/c1-12-8-14(25-7-3-6-21-22-17(19)20)11-15(9-12)26-27(23,24)16-5-2-4-13(18)10-16/h2,4-6,8-11H,3,7H2,1H3,(H4,19,20,22). The molecule has 0 aliphatic heterocycles. The van der Waals surface area contributed by atoms with E-state index in [1.54, 1.807) is 25.1 Å². The molecule has 2 aromatic carbocycles. The van der Waals surface area contributed by atoms with Crippen LogP contribution >= 0.6 is 11.6 Å². The molecule has 0 aliphatic carbocycles. The van der Waals surface area contributed by atoms with E-state index in [0.29, 0.717) is 23.8 Å². The molecule has 4 N–H and O–H groups in total. The molecule has 0 heterocycles. The van der Waals surface area contributed by atoms with Gasteiger partial charge in [0.2, 0.25) is 5.96 Å². The Kier molecular flexibility index (Phi) is 7.03. The van der Waals surface area contributed by atoms with Crippen LogP contribution < -0.4 is 20.4 Å². The highest BCUT2D eigenvalue weighted by molar-refractivity contribution is 7.87. The number of aryl methyl sites for hydroxylation is 1. The van der Waals surface area contributed by atoms with Gasteiger partial charge in [-0.25, -0.2) is 0 Å². The predicted molar refractivity (Wildman–Crippen MR) is 105 cm³/mol. The maximum atomic E-state index is 12.4. The molecular weight excluding hydrogens is 392 g/mol. The van der Waals surface area contributed by atoms with Gasteiger partial charge in [0, 0.05) is 23.7 Å². The van der Waals surface area contributed by atoms with Gasteiger partial charge in [0.15, 0.2) is 0 Å². The van der Waals surface area contributed by atoms with E-state index in [1.165, 1.54) is 30.5 Å². The minimum absolute atomic E-state index is 0.0325. The van der Waals surface area contributed by atoms with Crippen molar-refractivity contribution >= 4 is 33.9 Å². The Morgan fingerprint density at radius 2 is 1.93 bits per heavy atom. The lowest BCUT2D eigenvalue weighted by Gasteiger charge is -2.11. The summed E-state index contributed by atoms with van der Waals surface area (Å²) < 4.78 is 35.6. The molecule has 144 valence electrons. The molecule has 0 radical (unpaired) electrons. The number of hydrogen-bond acceptors (Lipinski definition) is 6. The van der Waals surface area contributed by atoms with E-state index in [-0.39, 0.29) is 16.6 Å². The summed E-state index contributed by atoms with van der Waals surface area (Å²) in [5.74, 6) is 0.467. The highest BCUT2D eigenvalue weighted by Crippen LogP contribution is 2.26. The molecule has 0 unspecified atom stereocenters.